The monoisotopic (exact) mass is 396 g/mol. The van der Waals surface area contributed by atoms with Crippen molar-refractivity contribution < 1.29 is 18.4 Å². The van der Waals surface area contributed by atoms with E-state index in [-0.39, 0.29) is 11.8 Å². The average molecular weight is 396 g/mol. The Balaban J connectivity index is 1.28. The minimum absolute atomic E-state index is 0.0477. The molecular formula is C21H24N4O4. The van der Waals surface area contributed by atoms with Crippen LogP contribution in [0.15, 0.2) is 51.5 Å². The molecule has 1 N–H and O–H groups in total. The molecule has 1 aliphatic heterocycles. The highest BCUT2D eigenvalue weighted by atomic mass is 16.5. The van der Waals surface area contributed by atoms with E-state index in [1.807, 2.05) is 31.2 Å². The van der Waals surface area contributed by atoms with E-state index < -0.39 is 0 Å². The Morgan fingerprint density at radius 2 is 2.03 bits per heavy atom. The summed E-state index contributed by atoms with van der Waals surface area (Å²) >= 11 is 0. The van der Waals surface area contributed by atoms with Gasteiger partial charge in [0.15, 0.2) is 5.76 Å². The topological polar surface area (TPSA) is 93.6 Å². The number of carbonyl (C=O) groups excluding carboxylic acids is 1. The smallest absolute Gasteiger partial charge is 0.283 e. The van der Waals surface area contributed by atoms with Crippen LogP contribution in [-0.4, -0.2) is 47.2 Å². The predicted molar refractivity (Wildman–Crippen MR) is 107 cm³/mol. The summed E-state index contributed by atoms with van der Waals surface area (Å²) in [6, 6.07) is 11.1. The number of anilines is 1. The van der Waals surface area contributed by atoms with Crippen LogP contribution in [0.25, 0.3) is 11.7 Å². The number of carbonyl (C=O) groups is 1. The van der Waals surface area contributed by atoms with Gasteiger partial charge in [-0.1, -0.05) is 12.1 Å². The number of piperidine rings is 1. The Bertz CT molecular complexity index is 930. The molecule has 0 unspecified atom stereocenters. The van der Waals surface area contributed by atoms with Crippen molar-refractivity contribution in [2.75, 3.05) is 31.6 Å². The largest absolute Gasteiger partial charge is 0.492 e. The minimum Gasteiger partial charge on any atom is -0.492 e. The normalized spacial score (nSPS) is 15.3. The zero-order valence-electron chi connectivity index (χ0n) is 16.3. The first-order valence-electron chi connectivity index (χ1n) is 9.84. The zero-order valence-corrected chi connectivity index (χ0v) is 16.3. The summed E-state index contributed by atoms with van der Waals surface area (Å²) in [5, 5.41) is 11.2. The van der Waals surface area contributed by atoms with Crippen molar-refractivity contribution in [3.05, 3.63) is 48.6 Å². The molecule has 0 bridgehead atoms. The number of furan rings is 1. The number of hydrogen-bond acceptors (Lipinski definition) is 7. The summed E-state index contributed by atoms with van der Waals surface area (Å²) in [5.74, 6) is 2.44. The molecule has 1 saturated heterocycles. The van der Waals surface area contributed by atoms with Crippen LogP contribution in [0.4, 0.5) is 5.69 Å². The van der Waals surface area contributed by atoms with Gasteiger partial charge in [0.25, 0.3) is 5.89 Å². The van der Waals surface area contributed by atoms with Gasteiger partial charge in [0.05, 0.1) is 25.1 Å². The molecule has 29 heavy (non-hydrogen) atoms. The van der Waals surface area contributed by atoms with E-state index in [0.29, 0.717) is 42.1 Å². The van der Waals surface area contributed by atoms with Crippen molar-refractivity contribution in [2.45, 2.75) is 25.7 Å². The fraction of sp³-hybridized carbons (Fsp3) is 0.381. The fourth-order valence-electron chi connectivity index (χ4n) is 3.48. The highest BCUT2D eigenvalue weighted by Gasteiger charge is 2.26. The molecule has 0 aliphatic carbocycles. The average Bonchev–Trinajstić information content (AvgIpc) is 3.42. The molecule has 8 nitrogen and oxygen atoms in total. The second-order valence-corrected chi connectivity index (χ2v) is 6.95. The maximum atomic E-state index is 12.5. The molecule has 0 atom stereocenters. The van der Waals surface area contributed by atoms with Gasteiger partial charge in [-0.25, -0.2) is 0 Å². The minimum atomic E-state index is -0.0477. The Hall–Kier alpha value is -3.13. The molecular weight excluding hydrogens is 372 g/mol. The SMILES string of the molecule is CCOc1ccccc1NC(=O)CN1CCC(c2nnc(-c3ccco3)o2)CC1. The molecule has 1 aliphatic rings. The zero-order chi connectivity index (χ0) is 20.1. The van der Waals surface area contributed by atoms with Gasteiger partial charge in [0.1, 0.15) is 5.75 Å². The van der Waals surface area contributed by atoms with Crippen LogP contribution in [0.2, 0.25) is 0 Å². The van der Waals surface area contributed by atoms with Gasteiger partial charge in [-0.15, -0.1) is 10.2 Å². The quantitative estimate of drug-likeness (QED) is 0.653. The highest BCUT2D eigenvalue weighted by molar-refractivity contribution is 5.93. The first-order chi connectivity index (χ1) is 14.2. The van der Waals surface area contributed by atoms with Crippen LogP contribution >= 0.6 is 0 Å². The van der Waals surface area contributed by atoms with E-state index in [1.54, 1.807) is 18.4 Å². The van der Waals surface area contributed by atoms with Crippen LogP contribution in [0.3, 0.4) is 0 Å². The van der Waals surface area contributed by atoms with E-state index in [1.165, 1.54) is 0 Å². The van der Waals surface area contributed by atoms with Gasteiger partial charge in [0.2, 0.25) is 11.8 Å². The Morgan fingerprint density at radius 1 is 1.21 bits per heavy atom. The number of nitrogens with one attached hydrogen (secondary N) is 1. The van der Waals surface area contributed by atoms with Crippen LogP contribution in [0.1, 0.15) is 31.6 Å². The van der Waals surface area contributed by atoms with Crippen molar-refractivity contribution in [2.24, 2.45) is 0 Å². The van der Waals surface area contributed by atoms with Gasteiger partial charge in [-0.05, 0) is 57.1 Å². The lowest BCUT2D eigenvalue weighted by Gasteiger charge is -2.29. The lowest BCUT2D eigenvalue weighted by molar-refractivity contribution is -0.117. The third-order valence-corrected chi connectivity index (χ3v) is 4.94. The molecule has 4 rings (SSSR count). The van der Waals surface area contributed by atoms with Gasteiger partial charge < -0.3 is 18.9 Å². The number of hydrogen-bond donors (Lipinski definition) is 1. The summed E-state index contributed by atoms with van der Waals surface area (Å²) in [6.45, 7) is 4.41. The van der Waals surface area contributed by atoms with E-state index in [4.69, 9.17) is 13.6 Å². The molecule has 1 amide bonds. The number of para-hydroxylation sites is 2. The molecule has 1 aromatic carbocycles. The second kappa shape index (κ2) is 8.91. The summed E-state index contributed by atoms with van der Waals surface area (Å²) in [4.78, 5) is 14.6. The Morgan fingerprint density at radius 3 is 2.79 bits per heavy atom. The van der Waals surface area contributed by atoms with Crippen molar-refractivity contribution >= 4 is 11.6 Å². The highest BCUT2D eigenvalue weighted by Crippen LogP contribution is 2.29. The van der Waals surface area contributed by atoms with Crippen LogP contribution in [0.5, 0.6) is 5.75 Å². The molecule has 0 saturated carbocycles. The predicted octanol–water partition coefficient (Wildman–Crippen LogP) is 3.55. The molecule has 1 fully saturated rings. The summed E-state index contributed by atoms with van der Waals surface area (Å²) in [5.41, 5.74) is 0.700. The molecule has 8 heteroatoms. The first kappa shape index (κ1) is 19.2. The number of rotatable bonds is 7. The molecule has 0 spiro atoms. The number of nitrogens with zero attached hydrogens (tertiary/aromatic N) is 3. The lowest BCUT2D eigenvalue weighted by atomic mass is 9.97. The van der Waals surface area contributed by atoms with Crippen LogP contribution in [0, 0.1) is 0 Å². The number of likely N-dealkylation sites (tertiary alicyclic amines) is 1. The summed E-state index contributed by atoms with van der Waals surface area (Å²) < 4.78 is 16.6. The molecule has 2 aromatic heterocycles. The third-order valence-electron chi connectivity index (χ3n) is 4.94. The maximum Gasteiger partial charge on any atom is 0.283 e. The maximum absolute atomic E-state index is 12.5. The molecule has 3 aromatic rings. The standard InChI is InChI=1S/C21H24N4O4/c1-2-27-17-7-4-3-6-16(17)22-19(26)14-25-11-9-15(10-12-25)20-23-24-21(29-20)18-8-5-13-28-18/h3-8,13,15H,2,9-12,14H2,1H3,(H,22,26). The van der Waals surface area contributed by atoms with E-state index in [0.717, 1.165) is 25.9 Å². The Labute approximate surface area is 168 Å². The van der Waals surface area contributed by atoms with E-state index in [9.17, 15) is 4.79 Å². The van der Waals surface area contributed by atoms with Crippen molar-refractivity contribution in [3.63, 3.8) is 0 Å². The van der Waals surface area contributed by atoms with Gasteiger partial charge in [-0.3, -0.25) is 9.69 Å². The first-order valence-corrected chi connectivity index (χ1v) is 9.84. The molecule has 152 valence electrons. The lowest BCUT2D eigenvalue weighted by Crippen LogP contribution is -2.38. The van der Waals surface area contributed by atoms with E-state index in [2.05, 4.69) is 20.4 Å². The summed E-state index contributed by atoms with van der Waals surface area (Å²) in [7, 11) is 0. The van der Waals surface area contributed by atoms with Crippen LogP contribution in [-0.2, 0) is 4.79 Å². The van der Waals surface area contributed by atoms with Gasteiger partial charge >= 0.3 is 0 Å². The van der Waals surface area contributed by atoms with Crippen molar-refractivity contribution in [1.82, 2.24) is 15.1 Å². The number of aromatic nitrogens is 2. The second-order valence-electron chi connectivity index (χ2n) is 6.95. The third kappa shape index (κ3) is 4.65. The van der Waals surface area contributed by atoms with Gasteiger partial charge in [-0.2, -0.15) is 0 Å². The number of benzene rings is 1. The van der Waals surface area contributed by atoms with Crippen molar-refractivity contribution in [1.29, 1.82) is 0 Å². The molecule has 0 radical (unpaired) electrons. The summed E-state index contributed by atoms with van der Waals surface area (Å²) in [6.07, 6.45) is 3.31. The number of amides is 1. The molecule has 3 heterocycles. The van der Waals surface area contributed by atoms with Gasteiger partial charge in [0, 0.05) is 5.92 Å². The van der Waals surface area contributed by atoms with Crippen molar-refractivity contribution in [3.8, 4) is 17.4 Å². The fourth-order valence-corrected chi connectivity index (χ4v) is 3.48. The Kier molecular flexibility index (Phi) is 5.90. The van der Waals surface area contributed by atoms with Crippen LogP contribution < -0.4 is 10.1 Å². The number of ether oxygens (including phenoxy) is 1. The van der Waals surface area contributed by atoms with E-state index >= 15 is 0 Å².